The van der Waals surface area contributed by atoms with Gasteiger partial charge < -0.3 is 0 Å². The zero-order valence-electron chi connectivity index (χ0n) is 6.58. The monoisotopic (exact) mass is 187 g/mol. The predicted molar refractivity (Wildman–Crippen MR) is 49.5 cm³/mol. The highest BCUT2D eigenvalue weighted by Crippen LogP contribution is 2.12. The highest BCUT2D eigenvalue weighted by Gasteiger charge is 1.94. The molecule has 0 fully saturated rings. The molecular formula is C10H4ClN2. The number of nitrogens with zero attached hydrogens (tertiary/aromatic N) is 2. The molecule has 0 aromatic heterocycles. The van der Waals surface area contributed by atoms with Crippen LogP contribution in [0.2, 0.25) is 5.02 Å². The Labute approximate surface area is 81.3 Å². The Balaban J connectivity index is 3.06. The number of nitriles is 2. The van der Waals surface area contributed by atoms with Gasteiger partial charge in [-0.2, -0.15) is 10.5 Å². The van der Waals surface area contributed by atoms with E-state index in [-0.39, 0.29) is 5.57 Å². The predicted octanol–water partition coefficient (Wildman–Crippen LogP) is 2.57. The lowest BCUT2D eigenvalue weighted by Gasteiger charge is -1.92. The van der Waals surface area contributed by atoms with Crippen molar-refractivity contribution in [1.82, 2.24) is 0 Å². The molecule has 0 aliphatic carbocycles. The van der Waals surface area contributed by atoms with E-state index in [0.29, 0.717) is 5.02 Å². The van der Waals surface area contributed by atoms with Gasteiger partial charge in [-0.1, -0.05) is 23.7 Å². The van der Waals surface area contributed by atoms with Crippen LogP contribution in [0.1, 0.15) is 5.56 Å². The smallest absolute Gasteiger partial charge is 0.130 e. The highest BCUT2D eigenvalue weighted by atomic mass is 35.5. The van der Waals surface area contributed by atoms with Crippen molar-refractivity contribution in [2.45, 2.75) is 0 Å². The van der Waals surface area contributed by atoms with Crippen molar-refractivity contribution in [3.8, 4) is 12.1 Å². The largest absolute Gasteiger partial charge is 0.192 e. The molecule has 1 rings (SSSR count). The Kier molecular flexibility index (Phi) is 3.09. The minimum absolute atomic E-state index is 0.0577. The number of benzene rings is 1. The Morgan fingerprint density at radius 3 is 2.69 bits per heavy atom. The minimum atomic E-state index is 0.0577. The molecule has 2 nitrogen and oxygen atoms in total. The summed E-state index contributed by atoms with van der Waals surface area (Å²) in [6, 6.07) is 11.3. The molecular weight excluding hydrogens is 184 g/mol. The number of hydrogen-bond donors (Lipinski definition) is 0. The van der Waals surface area contributed by atoms with Gasteiger partial charge in [0.25, 0.3) is 0 Å². The molecule has 0 aliphatic rings. The maximum atomic E-state index is 8.48. The lowest BCUT2D eigenvalue weighted by molar-refractivity contribution is 1.47. The molecule has 61 valence electrons. The van der Waals surface area contributed by atoms with E-state index >= 15 is 0 Å². The first kappa shape index (κ1) is 9.32. The van der Waals surface area contributed by atoms with Gasteiger partial charge in [-0.3, -0.25) is 0 Å². The van der Waals surface area contributed by atoms with Crippen molar-refractivity contribution in [2.24, 2.45) is 0 Å². The molecule has 1 aromatic carbocycles. The third-order valence-corrected chi connectivity index (χ3v) is 1.56. The molecule has 0 heterocycles. The summed E-state index contributed by atoms with van der Waals surface area (Å²) in [5, 5.41) is 17.4. The van der Waals surface area contributed by atoms with Gasteiger partial charge in [0, 0.05) is 11.1 Å². The van der Waals surface area contributed by atoms with Crippen LogP contribution in [0.3, 0.4) is 0 Å². The van der Waals surface area contributed by atoms with Crippen LogP contribution >= 0.6 is 11.6 Å². The normalized spacial score (nSPS) is 8.23. The van der Waals surface area contributed by atoms with Crippen LogP contribution in [0.25, 0.3) is 6.08 Å². The second-order valence-electron chi connectivity index (χ2n) is 2.25. The van der Waals surface area contributed by atoms with Crippen molar-refractivity contribution >= 4 is 17.7 Å². The van der Waals surface area contributed by atoms with Crippen LogP contribution in [0.5, 0.6) is 0 Å². The Hall–Kier alpha value is -1.77. The fraction of sp³-hybridized carbons (Fsp3) is 0. The fourth-order valence-electron chi connectivity index (χ4n) is 0.800. The van der Waals surface area contributed by atoms with Crippen molar-refractivity contribution in [1.29, 1.82) is 10.5 Å². The third kappa shape index (κ3) is 2.63. The second-order valence-corrected chi connectivity index (χ2v) is 2.66. The molecule has 0 N–H and O–H groups in total. The van der Waals surface area contributed by atoms with Crippen LogP contribution in [-0.2, 0) is 0 Å². The standard InChI is InChI=1S/C10H4ClN2/c11-10-3-1-2-8(5-10)4-9(6-12)7-13/h1-2,4-5H. The van der Waals surface area contributed by atoms with E-state index in [1.807, 2.05) is 0 Å². The first-order chi connectivity index (χ1) is 6.26. The van der Waals surface area contributed by atoms with Gasteiger partial charge >= 0.3 is 0 Å². The van der Waals surface area contributed by atoms with Crippen molar-refractivity contribution in [3.63, 3.8) is 0 Å². The van der Waals surface area contributed by atoms with Crippen LogP contribution in [-0.4, -0.2) is 0 Å². The SMILES string of the molecule is N#CC(C#N)=Cc1cc[c]c(Cl)c1. The summed E-state index contributed by atoms with van der Waals surface area (Å²) in [7, 11) is 0. The first-order valence-electron chi connectivity index (χ1n) is 3.45. The van der Waals surface area contributed by atoms with Gasteiger partial charge in [0.05, 0.1) is 0 Å². The maximum Gasteiger partial charge on any atom is 0.130 e. The summed E-state index contributed by atoms with van der Waals surface area (Å²) in [6.07, 6.45) is 1.47. The average Bonchev–Trinajstić information content (AvgIpc) is 2.14. The Morgan fingerprint density at radius 2 is 2.15 bits per heavy atom. The summed E-state index contributed by atoms with van der Waals surface area (Å²) >= 11 is 5.66. The van der Waals surface area contributed by atoms with Crippen LogP contribution in [0.15, 0.2) is 23.8 Å². The van der Waals surface area contributed by atoms with E-state index < -0.39 is 0 Å². The Morgan fingerprint density at radius 1 is 1.46 bits per heavy atom. The molecule has 0 bridgehead atoms. The van der Waals surface area contributed by atoms with Crippen molar-refractivity contribution in [2.75, 3.05) is 0 Å². The molecule has 0 aliphatic heterocycles. The molecule has 0 unspecified atom stereocenters. The molecule has 1 aromatic rings. The Bertz CT molecular complexity index is 405. The number of halogens is 1. The van der Waals surface area contributed by atoms with E-state index in [9.17, 15) is 0 Å². The summed E-state index contributed by atoms with van der Waals surface area (Å²) in [6.45, 7) is 0. The maximum absolute atomic E-state index is 8.48. The number of allylic oxidation sites excluding steroid dienone is 1. The molecule has 13 heavy (non-hydrogen) atoms. The van der Waals surface area contributed by atoms with Crippen LogP contribution in [0.4, 0.5) is 0 Å². The summed E-state index contributed by atoms with van der Waals surface area (Å²) in [4.78, 5) is 0. The molecule has 0 saturated heterocycles. The lowest BCUT2D eigenvalue weighted by atomic mass is 10.1. The van der Waals surface area contributed by atoms with E-state index in [1.165, 1.54) is 6.08 Å². The summed E-state index contributed by atoms with van der Waals surface area (Å²) < 4.78 is 0. The highest BCUT2D eigenvalue weighted by molar-refractivity contribution is 6.30. The van der Waals surface area contributed by atoms with Gasteiger partial charge in [-0.15, -0.1) is 0 Å². The fourth-order valence-corrected chi connectivity index (χ4v) is 0.989. The van der Waals surface area contributed by atoms with Crippen LogP contribution in [0, 0.1) is 28.7 Å². The first-order valence-corrected chi connectivity index (χ1v) is 3.83. The number of rotatable bonds is 1. The van der Waals surface area contributed by atoms with E-state index in [2.05, 4.69) is 6.07 Å². The zero-order valence-corrected chi connectivity index (χ0v) is 7.34. The quantitative estimate of drug-likeness (QED) is 0.635. The van der Waals surface area contributed by atoms with Gasteiger partial charge in [0.2, 0.25) is 0 Å². The number of hydrogen-bond acceptors (Lipinski definition) is 2. The molecule has 0 atom stereocenters. The second kappa shape index (κ2) is 4.30. The molecule has 0 amide bonds. The van der Waals surface area contributed by atoms with Gasteiger partial charge in [0.1, 0.15) is 17.7 Å². The van der Waals surface area contributed by atoms with E-state index in [0.717, 1.165) is 5.56 Å². The molecule has 3 heteroatoms. The summed E-state index contributed by atoms with van der Waals surface area (Å²) in [5.41, 5.74) is 0.782. The lowest BCUT2D eigenvalue weighted by Crippen LogP contribution is -1.75. The molecule has 1 radical (unpaired) electrons. The topological polar surface area (TPSA) is 47.6 Å². The van der Waals surface area contributed by atoms with Gasteiger partial charge in [-0.05, 0) is 17.7 Å². The van der Waals surface area contributed by atoms with Gasteiger partial charge in [0.15, 0.2) is 0 Å². The van der Waals surface area contributed by atoms with Crippen LogP contribution < -0.4 is 0 Å². The van der Waals surface area contributed by atoms with E-state index in [4.69, 9.17) is 22.1 Å². The zero-order chi connectivity index (χ0) is 9.68. The van der Waals surface area contributed by atoms with Gasteiger partial charge in [-0.25, -0.2) is 0 Å². The molecule has 0 spiro atoms. The minimum Gasteiger partial charge on any atom is -0.192 e. The molecule has 0 saturated carbocycles. The average molecular weight is 188 g/mol. The van der Waals surface area contributed by atoms with Crippen molar-refractivity contribution < 1.29 is 0 Å². The van der Waals surface area contributed by atoms with E-state index in [1.54, 1.807) is 30.3 Å². The third-order valence-electron chi connectivity index (χ3n) is 1.34. The van der Waals surface area contributed by atoms with Crippen molar-refractivity contribution in [3.05, 3.63) is 40.4 Å². The summed E-state index contributed by atoms with van der Waals surface area (Å²) in [5.74, 6) is 0.